The number of aromatic carboxylic acids is 1. The molecule has 2 aliphatic rings. The van der Waals surface area contributed by atoms with E-state index in [-0.39, 0.29) is 35.6 Å². The monoisotopic (exact) mass is 509 g/mol. The van der Waals surface area contributed by atoms with Gasteiger partial charge in [-0.2, -0.15) is 11.8 Å². The Hall–Kier alpha value is -2.96. The minimum Gasteiger partial charge on any atom is -0.481 e. The van der Waals surface area contributed by atoms with Crippen LogP contribution >= 0.6 is 11.8 Å². The number of rotatable bonds is 8. The lowest BCUT2D eigenvalue weighted by Crippen LogP contribution is -2.37. The van der Waals surface area contributed by atoms with Gasteiger partial charge in [0.05, 0.1) is 23.8 Å². The van der Waals surface area contributed by atoms with Crippen LogP contribution in [0.3, 0.4) is 0 Å². The normalized spacial score (nSPS) is 25.0. The molecule has 0 aliphatic carbocycles. The summed E-state index contributed by atoms with van der Waals surface area (Å²) in [6, 6.07) is 5.39. The van der Waals surface area contributed by atoms with Crippen molar-refractivity contribution >= 4 is 47.0 Å². The first-order valence-electron chi connectivity index (χ1n) is 11.1. The van der Waals surface area contributed by atoms with E-state index in [0.717, 1.165) is 13.0 Å². The molecule has 2 heterocycles. The van der Waals surface area contributed by atoms with Crippen LogP contribution in [0.2, 0.25) is 0 Å². The molecule has 6 atom stereocenters. The number of carboxylic acid groups (broad SMARTS) is 3. The summed E-state index contributed by atoms with van der Waals surface area (Å²) >= 11 is 1.75. The van der Waals surface area contributed by atoms with Crippen molar-refractivity contribution in [3.8, 4) is 0 Å². The highest BCUT2D eigenvalue weighted by atomic mass is 32.2. The number of carbonyl (C=O) groups excluding carboxylic acids is 1. The van der Waals surface area contributed by atoms with E-state index in [9.17, 15) is 24.3 Å². The van der Waals surface area contributed by atoms with E-state index >= 15 is 0 Å². The number of aliphatic hydroxyl groups excluding tert-OH is 1. The number of anilines is 1. The van der Waals surface area contributed by atoms with Crippen molar-refractivity contribution in [3.05, 3.63) is 29.8 Å². The molecule has 1 saturated heterocycles. The fourth-order valence-electron chi connectivity index (χ4n) is 4.04. The number of carboxylic acids is 3. The number of aliphatic carboxylic acids is 2. The molecule has 11 nitrogen and oxygen atoms in total. The van der Waals surface area contributed by atoms with E-state index in [1.54, 1.807) is 30.8 Å². The molecule has 35 heavy (non-hydrogen) atoms. The van der Waals surface area contributed by atoms with Crippen molar-refractivity contribution in [2.75, 3.05) is 18.1 Å². The van der Waals surface area contributed by atoms with E-state index in [1.165, 1.54) is 19.1 Å². The molecular formula is C23H31N3O8S. The van der Waals surface area contributed by atoms with Gasteiger partial charge in [0.15, 0.2) is 0 Å². The average Bonchev–Trinajstić information content (AvgIpc) is 3.41. The summed E-state index contributed by atoms with van der Waals surface area (Å²) in [5.74, 6) is -4.61. The van der Waals surface area contributed by atoms with Gasteiger partial charge in [-0.15, -0.1) is 0 Å². The van der Waals surface area contributed by atoms with E-state index < -0.39 is 36.0 Å². The molecule has 0 radical (unpaired) electrons. The van der Waals surface area contributed by atoms with Crippen molar-refractivity contribution in [2.45, 2.75) is 50.1 Å². The van der Waals surface area contributed by atoms with Crippen molar-refractivity contribution < 1.29 is 39.6 Å². The molecule has 1 aromatic rings. The fourth-order valence-corrected chi connectivity index (χ4v) is 4.69. The summed E-state index contributed by atoms with van der Waals surface area (Å²) in [6.45, 7) is 3.94. The molecule has 1 fully saturated rings. The summed E-state index contributed by atoms with van der Waals surface area (Å²) < 4.78 is 0. The van der Waals surface area contributed by atoms with Gasteiger partial charge < -0.3 is 31.1 Å². The van der Waals surface area contributed by atoms with Crippen LogP contribution in [0.25, 0.3) is 0 Å². The maximum atomic E-state index is 12.0. The van der Waals surface area contributed by atoms with E-state index in [0.29, 0.717) is 10.9 Å². The lowest BCUT2D eigenvalue weighted by atomic mass is 9.86. The Morgan fingerprint density at radius 1 is 1.17 bits per heavy atom. The third-order valence-electron chi connectivity index (χ3n) is 5.94. The van der Waals surface area contributed by atoms with Crippen molar-refractivity contribution in [1.82, 2.24) is 5.32 Å². The van der Waals surface area contributed by atoms with Crippen LogP contribution in [-0.2, 0) is 14.4 Å². The van der Waals surface area contributed by atoms with Gasteiger partial charge in [-0.3, -0.25) is 14.6 Å². The van der Waals surface area contributed by atoms with Gasteiger partial charge in [-0.05, 0) is 43.7 Å². The first-order chi connectivity index (χ1) is 16.4. The molecule has 0 spiro atoms. The van der Waals surface area contributed by atoms with Crippen molar-refractivity contribution in [2.24, 2.45) is 16.8 Å². The van der Waals surface area contributed by atoms with Gasteiger partial charge in [0.25, 0.3) is 0 Å². The number of carbonyl (C=O) groups is 4. The summed E-state index contributed by atoms with van der Waals surface area (Å²) in [4.78, 5) is 48.5. The quantitative estimate of drug-likeness (QED) is 0.299. The Labute approximate surface area is 207 Å². The fraction of sp³-hybridized carbons (Fsp3) is 0.522. The molecule has 1 amide bonds. The summed E-state index contributed by atoms with van der Waals surface area (Å²) in [5.41, 5.74) is 0.669. The molecule has 6 unspecified atom stereocenters. The van der Waals surface area contributed by atoms with Crippen LogP contribution in [-0.4, -0.2) is 86.2 Å². The molecule has 12 heteroatoms. The maximum Gasteiger partial charge on any atom is 0.349 e. The molecule has 6 N–H and O–H groups in total. The Morgan fingerprint density at radius 2 is 1.86 bits per heavy atom. The first kappa shape index (κ1) is 28.3. The second kappa shape index (κ2) is 12.7. The Morgan fingerprint density at radius 3 is 2.34 bits per heavy atom. The van der Waals surface area contributed by atoms with E-state index in [2.05, 4.69) is 15.6 Å². The number of benzene rings is 1. The van der Waals surface area contributed by atoms with Gasteiger partial charge in [0.2, 0.25) is 5.91 Å². The predicted octanol–water partition coefficient (Wildman–Crippen LogP) is 1.42. The number of amides is 1. The highest BCUT2D eigenvalue weighted by molar-refractivity contribution is 7.99. The van der Waals surface area contributed by atoms with Crippen molar-refractivity contribution in [3.63, 3.8) is 0 Å². The zero-order valence-electron chi connectivity index (χ0n) is 19.7. The second-order valence-corrected chi connectivity index (χ2v) is 9.73. The van der Waals surface area contributed by atoms with Crippen LogP contribution in [0, 0.1) is 11.8 Å². The number of hydrogen-bond acceptors (Lipinski definition) is 8. The van der Waals surface area contributed by atoms with Gasteiger partial charge in [-0.25, -0.2) is 9.59 Å². The smallest absolute Gasteiger partial charge is 0.349 e. The van der Waals surface area contributed by atoms with Crippen molar-refractivity contribution in [1.29, 1.82) is 0 Å². The second-order valence-electron chi connectivity index (χ2n) is 8.59. The highest BCUT2D eigenvalue weighted by Gasteiger charge is 2.40. The van der Waals surface area contributed by atoms with Crippen LogP contribution in [0.15, 0.2) is 29.3 Å². The van der Waals surface area contributed by atoms with Crippen LogP contribution < -0.4 is 10.6 Å². The lowest BCUT2D eigenvalue weighted by molar-refractivity contribution is -0.146. The number of aliphatic imine (C=N–C) groups is 1. The number of hydrogen-bond donors (Lipinski definition) is 6. The number of nitrogens with zero attached hydrogens (tertiary/aromatic N) is 1. The first-order valence-corrected chi connectivity index (χ1v) is 12.3. The number of nitrogens with one attached hydrogen (secondary N) is 2. The summed E-state index contributed by atoms with van der Waals surface area (Å²) in [7, 11) is 0. The Bertz CT molecular complexity index is 983. The topological polar surface area (TPSA) is 186 Å². The summed E-state index contributed by atoms with van der Waals surface area (Å²) in [6.07, 6.45) is 2.02. The lowest BCUT2D eigenvalue weighted by Gasteiger charge is -2.23. The third-order valence-corrected chi connectivity index (χ3v) is 6.97. The minimum absolute atomic E-state index is 0.00981. The zero-order valence-corrected chi connectivity index (χ0v) is 20.5. The molecule has 1 aromatic carbocycles. The van der Waals surface area contributed by atoms with E-state index in [4.69, 9.17) is 15.3 Å². The van der Waals surface area contributed by atoms with Crippen LogP contribution in [0.5, 0.6) is 0 Å². The highest BCUT2D eigenvalue weighted by Crippen LogP contribution is 2.29. The summed E-state index contributed by atoms with van der Waals surface area (Å²) in [5, 5.41) is 42.4. The van der Waals surface area contributed by atoms with E-state index in [1.807, 2.05) is 6.26 Å². The van der Waals surface area contributed by atoms with Gasteiger partial charge in [0, 0.05) is 23.9 Å². The minimum atomic E-state index is -1.15. The molecule has 2 aliphatic heterocycles. The Balaban J connectivity index is 0.000000251. The molecule has 0 bridgehead atoms. The van der Waals surface area contributed by atoms with Gasteiger partial charge >= 0.3 is 17.9 Å². The third kappa shape index (κ3) is 7.77. The average molecular weight is 510 g/mol. The molecule has 0 saturated carbocycles. The number of aliphatic hydroxyl groups is 1. The van der Waals surface area contributed by atoms with Gasteiger partial charge in [-0.1, -0.05) is 13.0 Å². The van der Waals surface area contributed by atoms with Crippen LogP contribution in [0.1, 0.15) is 37.0 Å². The largest absolute Gasteiger partial charge is 0.481 e. The van der Waals surface area contributed by atoms with Gasteiger partial charge in [0.1, 0.15) is 11.6 Å². The molecule has 0 aromatic heterocycles. The van der Waals surface area contributed by atoms with Crippen LogP contribution in [0.4, 0.5) is 5.69 Å². The Kier molecular flexibility index (Phi) is 10.2. The predicted molar refractivity (Wildman–Crippen MR) is 131 cm³/mol. The SMILES string of the molecule is CC(O)C(C(=O)O)C1N=C(C(=O)O)CC1C.CSC1CNC(C(=O)Nc2cccc(C(=O)O)c2)C1. The molecule has 3 rings (SSSR count). The zero-order chi connectivity index (χ0) is 26.3. The standard InChI is InChI=1S/C13H16N2O3S.C10H15NO5/c1-19-10-6-11(14-7-10)12(16)15-9-4-2-3-8(5-9)13(17)18;1-4-3-6(9(13)14)11-8(4)7(5(2)12)10(15)16/h2-5,10-11,14H,6-7H2,1H3,(H,15,16)(H,17,18);4-5,7-8,12H,3H2,1-2H3,(H,13,14)(H,15,16). The molecule has 192 valence electrons. The maximum absolute atomic E-state index is 12.0. The molecular weight excluding hydrogens is 478 g/mol. The number of thioether (sulfide) groups is 1.